The Morgan fingerprint density at radius 2 is 2.22 bits per heavy atom. The van der Waals surface area contributed by atoms with Crippen LogP contribution in [0.25, 0.3) is 0 Å². The summed E-state index contributed by atoms with van der Waals surface area (Å²) in [5.74, 6) is -5.33. The summed E-state index contributed by atoms with van der Waals surface area (Å²) in [5.41, 5.74) is 0.467. The Bertz CT molecular complexity index is 1380. The summed E-state index contributed by atoms with van der Waals surface area (Å²) in [6.07, 6.45) is -8.54. The van der Waals surface area contributed by atoms with Crippen LogP contribution in [0.3, 0.4) is 0 Å². The minimum absolute atomic E-state index is 0.0289. The van der Waals surface area contributed by atoms with Crippen molar-refractivity contribution in [3.8, 4) is 5.75 Å². The maximum absolute atomic E-state index is 15.9. The first-order valence-electron chi connectivity index (χ1n) is 10.6. The molecule has 1 unspecified atom stereocenters. The van der Waals surface area contributed by atoms with E-state index in [4.69, 9.17) is 22.4 Å². The maximum Gasteiger partial charge on any atom is 0.530 e. The summed E-state index contributed by atoms with van der Waals surface area (Å²) >= 11 is 4.55. The number of benzene rings is 1. The lowest BCUT2D eigenvalue weighted by atomic mass is 10.1. The standard InChI is InChI=1S/C18H19F2N2O8PS/c1-8-3-9(2)13-10(4-8)6-27-31(26,30-13)28-7-18(20)14(24)12(23)16(29-18)22-5-11(19)15(32)21-17(22)25/h3-5,12,14,16,23-24H,6-7H2,1-2H3,(H,21,25,32)/t12-,14+,16-,18-,31?/m1/s1/i7D2,16D. The fraction of sp³-hybridized carbons (Fsp3) is 0.444. The van der Waals surface area contributed by atoms with E-state index in [1.54, 1.807) is 26.0 Å². The van der Waals surface area contributed by atoms with Crippen LogP contribution in [0.1, 0.15) is 27.0 Å². The number of hydrogen-bond acceptors (Lipinski definition) is 9. The van der Waals surface area contributed by atoms with Crippen LogP contribution in [0.15, 0.2) is 23.1 Å². The Morgan fingerprint density at radius 3 is 2.94 bits per heavy atom. The number of aliphatic hydroxyl groups is 2. The number of aromatic nitrogens is 2. The third-order valence-electron chi connectivity index (χ3n) is 4.70. The summed E-state index contributed by atoms with van der Waals surface area (Å²) < 4.78 is 86.1. The quantitative estimate of drug-likeness (QED) is 0.432. The van der Waals surface area contributed by atoms with Crippen molar-refractivity contribution >= 4 is 20.0 Å². The molecular weight excluding hydrogens is 473 g/mol. The number of aromatic amines is 1. The average Bonchev–Trinajstić information content (AvgIpc) is 2.93. The third kappa shape index (κ3) is 4.05. The van der Waals surface area contributed by atoms with Gasteiger partial charge in [-0.05, 0) is 19.4 Å². The predicted molar refractivity (Wildman–Crippen MR) is 107 cm³/mol. The van der Waals surface area contributed by atoms with E-state index >= 15 is 4.39 Å². The first-order valence-corrected chi connectivity index (χ1v) is 10.9. The van der Waals surface area contributed by atoms with Gasteiger partial charge in [-0.25, -0.2) is 18.1 Å². The molecule has 4 rings (SSSR count). The Labute approximate surface area is 189 Å². The molecule has 174 valence electrons. The first kappa shape index (κ1) is 19.5. The number of aryl methyl sites for hydroxylation is 2. The smallest absolute Gasteiger partial charge is 0.403 e. The molecule has 1 aromatic heterocycles. The average molecular weight is 495 g/mol. The number of aliphatic hydroxyl groups excluding tert-OH is 2. The Kier molecular flexibility index (Phi) is 4.93. The van der Waals surface area contributed by atoms with Gasteiger partial charge in [0.15, 0.2) is 12.0 Å². The van der Waals surface area contributed by atoms with Crippen LogP contribution >= 0.6 is 20.0 Å². The van der Waals surface area contributed by atoms with Gasteiger partial charge in [-0.2, -0.15) is 0 Å². The number of halogens is 2. The molecule has 1 fully saturated rings. The molecule has 1 aromatic carbocycles. The van der Waals surface area contributed by atoms with Gasteiger partial charge in [0.25, 0.3) is 5.85 Å². The second kappa shape index (κ2) is 8.10. The Morgan fingerprint density at radius 1 is 1.50 bits per heavy atom. The zero-order valence-electron chi connectivity index (χ0n) is 19.5. The van der Waals surface area contributed by atoms with Gasteiger partial charge in [0.1, 0.15) is 29.2 Å². The van der Waals surface area contributed by atoms with Gasteiger partial charge in [-0.3, -0.25) is 18.6 Å². The number of fused-ring (bicyclic) bond motifs is 1. The summed E-state index contributed by atoms with van der Waals surface area (Å²) in [6.45, 7) is -0.843. The highest BCUT2D eigenvalue weighted by atomic mass is 32.1. The van der Waals surface area contributed by atoms with E-state index in [1.807, 2.05) is 4.98 Å². The fourth-order valence-electron chi connectivity index (χ4n) is 3.23. The lowest BCUT2D eigenvalue weighted by Crippen LogP contribution is -2.43. The summed E-state index contributed by atoms with van der Waals surface area (Å²) in [7, 11) is -4.89. The number of nitrogens with zero attached hydrogens (tertiary/aromatic N) is 1. The topological polar surface area (TPSA) is 132 Å². The van der Waals surface area contributed by atoms with Gasteiger partial charge in [0, 0.05) is 5.56 Å². The van der Waals surface area contributed by atoms with Crippen molar-refractivity contribution in [2.24, 2.45) is 0 Å². The van der Waals surface area contributed by atoms with E-state index in [0.29, 0.717) is 17.3 Å². The van der Waals surface area contributed by atoms with Crippen LogP contribution in [-0.2, 0) is 25.0 Å². The lowest BCUT2D eigenvalue weighted by Gasteiger charge is -2.29. The predicted octanol–water partition coefficient (Wildman–Crippen LogP) is 2.31. The van der Waals surface area contributed by atoms with Crippen molar-refractivity contribution in [1.29, 1.82) is 0 Å². The van der Waals surface area contributed by atoms with Crippen LogP contribution in [-0.4, -0.2) is 44.4 Å². The highest BCUT2D eigenvalue weighted by Gasteiger charge is 2.57. The molecule has 1 saturated heterocycles. The second-order valence-electron chi connectivity index (χ2n) is 7.16. The van der Waals surface area contributed by atoms with Crippen LogP contribution in [0.2, 0.25) is 0 Å². The molecule has 2 aliphatic rings. The number of rotatable bonds is 4. The minimum atomic E-state index is -4.89. The number of ether oxygens (including phenoxy) is 1. The van der Waals surface area contributed by atoms with Crippen LogP contribution < -0.4 is 10.2 Å². The third-order valence-corrected chi connectivity index (χ3v) is 6.16. The van der Waals surface area contributed by atoms with Crippen molar-refractivity contribution in [2.45, 2.75) is 44.7 Å². The van der Waals surface area contributed by atoms with Gasteiger partial charge in [0.2, 0.25) is 0 Å². The molecule has 14 heteroatoms. The molecule has 0 aliphatic carbocycles. The van der Waals surface area contributed by atoms with E-state index in [1.165, 1.54) is 0 Å². The molecule has 0 spiro atoms. The number of H-pyrrole nitrogens is 1. The van der Waals surface area contributed by atoms with E-state index in [9.17, 15) is 24.0 Å². The molecule has 5 atom stereocenters. The van der Waals surface area contributed by atoms with Gasteiger partial charge in [0.05, 0.1) is 16.9 Å². The molecule has 32 heavy (non-hydrogen) atoms. The SMILES string of the molecule is [2H]C([2H])(OP1(=O)OCc2cc(C)cc(C)c2O1)[C@@]1(F)O[C@@]([2H])(n2cc(F)c(=S)[nH]c2=O)[C@H](O)[C@@H]1O. The van der Waals surface area contributed by atoms with Crippen molar-refractivity contribution in [2.75, 3.05) is 6.56 Å². The highest BCUT2D eigenvalue weighted by molar-refractivity contribution is 7.71. The molecule has 3 N–H and O–H groups in total. The largest absolute Gasteiger partial charge is 0.530 e. The highest BCUT2D eigenvalue weighted by Crippen LogP contribution is 2.56. The zero-order chi connectivity index (χ0) is 26.1. The second-order valence-corrected chi connectivity index (χ2v) is 9.08. The van der Waals surface area contributed by atoms with E-state index in [0.717, 1.165) is 5.56 Å². The molecule has 0 amide bonds. The first-order chi connectivity index (χ1) is 16.0. The van der Waals surface area contributed by atoms with Gasteiger partial charge >= 0.3 is 13.5 Å². The van der Waals surface area contributed by atoms with Gasteiger partial charge in [-0.1, -0.05) is 29.9 Å². The van der Waals surface area contributed by atoms with E-state index in [2.05, 4.69) is 12.2 Å². The minimum Gasteiger partial charge on any atom is -0.403 e. The van der Waals surface area contributed by atoms with E-state index < -0.39 is 54.8 Å². The molecule has 2 aromatic rings. The number of phosphoric ester groups is 1. The fourth-order valence-corrected chi connectivity index (χ4v) is 4.53. The van der Waals surface area contributed by atoms with Gasteiger partial charge < -0.3 is 19.5 Å². The van der Waals surface area contributed by atoms with Crippen LogP contribution in [0.5, 0.6) is 5.75 Å². The summed E-state index contributed by atoms with van der Waals surface area (Å²) in [5, 5.41) is 20.6. The Hall–Kier alpha value is -1.99. The molecule has 0 radical (unpaired) electrons. The summed E-state index contributed by atoms with van der Waals surface area (Å²) in [6, 6.07) is 3.34. The van der Waals surface area contributed by atoms with Crippen molar-refractivity contribution in [1.82, 2.24) is 9.55 Å². The van der Waals surface area contributed by atoms with Crippen LogP contribution in [0.4, 0.5) is 8.78 Å². The maximum atomic E-state index is 15.9. The van der Waals surface area contributed by atoms with Crippen molar-refractivity contribution in [3.63, 3.8) is 0 Å². The van der Waals surface area contributed by atoms with Crippen molar-refractivity contribution in [3.05, 3.63) is 56.0 Å². The summed E-state index contributed by atoms with van der Waals surface area (Å²) in [4.78, 5) is 14.0. The number of alkyl halides is 1. The molecule has 0 saturated carbocycles. The van der Waals surface area contributed by atoms with Crippen molar-refractivity contribution < 1.29 is 46.0 Å². The van der Waals surface area contributed by atoms with Crippen LogP contribution in [0, 0.1) is 24.3 Å². The molecule has 3 heterocycles. The lowest BCUT2D eigenvalue weighted by molar-refractivity contribution is -0.205. The Balaban J connectivity index is 1.68. The monoisotopic (exact) mass is 495 g/mol. The molecule has 0 bridgehead atoms. The molecular formula is C18H19F2N2O8PS. The number of nitrogens with one attached hydrogen (secondary N) is 1. The van der Waals surface area contributed by atoms with Gasteiger partial charge in [-0.15, -0.1) is 0 Å². The number of phosphoric acid groups is 1. The number of hydrogen-bond donors (Lipinski definition) is 3. The molecule has 2 aliphatic heterocycles. The normalized spacial score (nSPS) is 36.0. The van der Waals surface area contributed by atoms with E-state index in [-0.39, 0.29) is 16.9 Å². The molecule has 10 nitrogen and oxygen atoms in total. The zero-order valence-corrected chi connectivity index (χ0v) is 18.2.